The van der Waals surface area contributed by atoms with Crippen molar-refractivity contribution in [3.63, 3.8) is 0 Å². The molecule has 1 saturated carbocycles. The lowest BCUT2D eigenvalue weighted by molar-refractivity contribution is -0.137. The summed E-state index contributed by atoms with van der Waals surface area (Å²) in [7, 11) is 1.53. The molecule has 2 aromatic rings. The number of hydrogen-bond acceptors (Lipinski definition) is 5. The summed E-state index contributed by atoms with van der Waals surface area (Å²) in [6.07, 6.45) is -4.91. The number of aliphatic hydroxyl groups is 1. The van der Waals surface area contributed by atoms with Crippen LogP contribution in [0.25, 0.3) is 0 Å². The molecular formula is C25H24F4N4O3S. The van der Waals surface area contributed by atoms with Crippen molar-refractivity contribution in [2.45, 2.75) is 44.6 Å². The van der Waals surface area contributed by atoms with Crippen LogP contribution in [0.2, 0.25) is 0 Å². The van der Waals surface area contributed by atoms with Crippen LogP contribution in [0.15, 0.2) is 36.4 Å². The molecule has 2 aromatic carbocycles. The highest BCUT2D eigenvalue weighted by atomic mass is 32.1. The van der Waals surface area contributed by atoms with Crippen LogP contribution in [0.4, 0.5) is 28.9 Å². The Morgan fingerprint density at radius 1 is 1.24 bits per heavy atom. The zero-order chi connectivity index (χ0) is 27.3. The molecule has 196 valence electrons. The molecule has 1 heterocycles. The molecular weight excluding hydrogens is 512 g/mol. The maximum Gasteiger partial charge on any atom is 0.417 e. The highest BCUT2D eigenvalue weighted by Crippen LogP contribution is 2.46. The van der Waals surface area contributed by atoms with Gasteiger partial charge in [-0.25, -0.2) is 4.39 Å². The van der Waals surface area contributed by atoms with Gasteiger partial charge in [0, 0.05) is 24.5 Å². The van der Waals surface area contributed by atoms with Crippen LogP contribution >= 0.6 is 12.2 Å². The van der Waals surface area contributed by atoms with Crippen molar-refractivity contribution in [3.8, 4) is 11.8 Å². The number of aliphatic hydroxyl groups excluding tert-OH is 1. The predicted octanol–water partition coefficient (Wildman–Crippen LogP) is 4.33. The number of rotatable bonds is 6. The first kappa shape index (κ1) is 26.6. The zero-order valence-corrected chi connectivity index (χ0v) is 21.0. The van der Waals surface area contributed by atoms with Crippen molar-refractivity contribution in [1.82, 2.24) is 5.32 Å². The molecule has 1 saturated heterocycles. The van der Waals surface area contributed by atoms with E-state index in [4.69, 9.17) is 22.2 Å². The van der Waals surface area contributed by atoms with Crippen molar-refractivity contribution >= 4 is 34.6 Å². The summed E-state index contributed by atoms with van der Waals surface area (Å²) in [6, 6.07) is 8.60. The topological polar surface area (TPSA) is 88.8 Å². The highest BCUT2D eigenvalue weighted by molar-refractivity contribution is 7.80. The number of thiocarbonyl (C=S) groups is 1. The number of carbonyl (C=O) groups excluding carboxylic acids is 1. The first-order valence-electron chi connectivity index (χ1n) is 11.3. The molecule has 1 atom stereocenters. The molecule has 0 bridgehead atoms. The van der Waals surface area contributed by atoms with Crippen molar-refractivity contribution in [3.05, 3.63) is 53.3 Å². The molecule has 4 rings (SSSR count). The number of nitriles is 1. The van der Waals surface area contributed by atoms with E-state index in [0.29, 0.717) is 12.8 Å². The molecule has 0 radical (unpaired) electrons. The van der Waals surface area contributed by atoms with Gasteiger partial charge >= 0.3 is 6.18 Å². The minimum Gasteiger partial charge on any atom is -0.489 e. The smallest absolute Gasteiger partial charge is 0.417 e. The first-order valence-corrected chi connectivity index (χ1v) is 11.7. The number of nitrogens with one attached hydrogen (secondary N) is 1. The molecule has 1 aliphatic carbocycles. The lowest BCUT2D eigenvalue weighted by Crippen LogP contribution is -2.47. The number of carbonyl (C=O) groups is 1. The number of anilines is 2. The standard InChI is InChI=1S/C25H24F4N4O3S/c1-23(2)21(35)32(15-5-4-14(12-30)17(10-15)25(27,28)29)22(37)33(23)16-6-7-19(18(26)11-16)36-13-24(8-9-24)20(34)31-3/h4-7,10-11,21,35H,8-9,13H2,1-3H3,(H,31,34). The number of halogens is 4. The Morgan fingerprint density at radius 3 is 2.43 bits per heavy atom. The lowest BCUT2D eigenvalue weighted by atomic mass is 10.0. The average Bonchev–Trinajstić information content (AvgIpc) is 3.60. The van der Waals surface area contributed by atoms with Crippen LogP contribution in [-0.2, 0) is 11.0 Å². The fourth-order valence-corrected chi connectivity index (χ4v) is 4.96. The maximum atomic E-state index is 15.0. The van der Waals surface area contributed by atoms with Crippen LogP contribution < -0.4 is 19.9 Å². The van der Waals surface area contributed by atoms with E-state index in [1.807, 2.05) is 0 Å². The van der Waals surface area contributed by atoms with E-state index in [-0.39, 0.29) is 34.8 Å². The summed E-state index contributed by atoms with van der Waals surface area (Å²) in [6.45, 7) is 3.24. The van der Waals surface area contributed by atoms with Crippen LogP contribution in [0.3, 0.4) is 0 Å². The molecule has 37 heavy (non-hydrogen) atoms. The fraction of sp³-hybridized carbons (Fsp3) is 0.400. The number of benzene rings is 2. The summed E-state index contributed by atoms with van der Waals surface area (Å²) < 4.78 is 61.2. The zero-order valence-electron chi connectivity index (χ0n) is 20.2. The van der Waals surface area contributed by atoms with Crippen LogP contribution in [-0.4, -0.2) is 41.5 Å². The Labute approximate surface area is 216 Å². The number of ether oxygens (including phenoxy) is 1. The van der Waals surface area contributed by atoms with Gasteiger partial charge in [0.25, 0.3) is 0 Å². The Morgan fingerprint density at radius 2 is 1.89 bits per heavy atom. The quantitative estimate of drug-likeness (QED) is 0.420. The number of amides is 1. The fourth-order valence-electron chi connectivity index (χ4n) is 4.41. The summed E-state index contributed by atoms with van der Waals surface area (Å²) in [5.41, 5.74) is -3.37. The second kappa shape index (κ2) is 9.15. The van der Waals surface area contributed by atoms with Gasteiger partial charge in [-0.05, 0) is 69.2 Å². The van der Waals surface area contributed by atoms with E-state index >= 15 is 4.39 Å². The molecule has 2 aliphatic rings. The molecule has 1 unspecified atom stereocenters. The molecule has 0 spiro atoms. The molecule has 1 amide bonds. The van der Waals surface area contributed by atoms with Gasteiger partial charge in [0.2, 0.25) is 5.91 Å². The third kappa shape index (κ3) is 4.57. The largest absolute Gasteiger partial charge is 0.489 e. The first-order chi connectivity index (χ1) is 17.3. The second-order valence-electron chi connectivity index (χ2n) is 9.62. The van der Waals surface area contributed by atoms with E-state index in [1.165, 1.54) is 36.2 Å². The number of hydrogen-bond donors (Lipinski definition) is 2. The highest BCUT2D eigenvalue weighted by Gasteiger charge is 2.51. The van der Waals surface area contributed by atoms with Gasteiger partial charge in [-0.2, -0.15) is 18.4 Å². The third-order valence-corrected chi connectivity index (χ3v) is 7.18. The van der Waals surface area contributed by atoms with E-state index in [1.54, 1.807) is 13.8 Å². The number of alkyl halides is 3. The Balaban J connectivity index is 1.63. The normalized spacial score (nSPS) is 20.0. The van der Waals surface area contributed by atoms with E-state index in [0.717, 1.165) is 23.1 Å². The van der Waals surface area contributed by atoms with E-state index in [2.05, 4.69) is 5.32 Å². The minimum atomic E-state index is -4.79. The van der Waals surface area contributed by atoms with Crippen molar-refractivity contribution in [2.75, 3.05) is 23.5 Å². The molecule has 2 N–H and O–H groups in total. The monoisotopic (exact) mass is 536 g/mol. The summed E-state index contributed by atoms with van der Waals surface area (Å²) in [5.74, 6) is -0.963. The Kier molecular flexibility index (Phi) is 6.58. The van der Waals surface area contributed by atoms with Gasteiger partial charge in [0.15, 0.2) is 22.9 Å². The predicted molar refractivity (Wildman–Crippen MR) is 131 cm³/mol. The van der Waals surface area contributed by atoms with Gasteiger partial charge in [0.05, 0.1) is 28.2 Å². The van der Waals surface area contributed by atoms with E-state index in [9.17, 15) is 23.1 Å². The van der Waals surface area contributed by atoms with Crippen LogP contribution in [0.1, 0.15) is 37.8 Å². The van der Waals surface area contributed by atoms with Gasteiger partial charge in [0.1, 0.15) is 6.61 Å². The van der Waals surface area contributed by atoms with Gasteiger partial charge < -0.3 is 20.1 Å². The molecule has 12 heteroatoms. The summed E-state index contributed by atoms with van der Waals surface area (Å²) in [4.78, 5) is 14.6. The summed E-state index contributed by atoms with van der Waals surface area (Å²) in [5, 5.41) is 22.7. The third-order valence-electron chi connectivity index (χ3n) is 6.80. The summed E-state index contributed by atoms with van der Waals surface area (Å²) >= 11 is 5.52. The molecule has 1 aliphatic heterocycles. The average molecular weight is 537 g/mol. The SMILES string of the molecule is CNC(=O)C1(COc2ccc(N3C(=S)N(c4ccc(C#N)c(C(F)(F)F)c4)C(O)C3(C)C)cc2F)CC1. The van der Waals surface area contributed by atoms with Crippen LogP contribution in [0.5, 0.6) is 5.75 Å². The lowest BCUT2D eigenvalue weighted by Gasteiger charge is -2.33. The minimum absolute atomic E-state index is 0.0171. The van der Waals surface area contributed by atoms with Gasteiger partial charge in [-0.3, -0.25) is 9.69 Å². The molecule has 0 aromatic heterocycles. The van der Waals surface area contributed by atoms with Crippen molar-refractivity contribution in [1.29, 1.82) is 5.26 Å². The molecule has 2 fully saturated rings. The van der Waals surface area contributed by atoms with Crippen molar-refractivity contribution < 1.29 is 32.2 Å². The number of nitrogens with zero attached hydrogens (tertiary/aromatic N) is 3. The Bertz CT molecular complexity index is 1300. The van der Waals surface area contributed by atoms with E-state index < -0.39 is 40.3 Å². The van der Waals surface area contributed by atoms with Crippen molar-refractivity contribution in [2.24, 2.45) is 5.41 Å². The van der Waals surface area contributed by atoms with Gasteiger partial charge in [-0.15, -0.1) is 0 Å². The Hall–Kier alpha value is -3.43. The van der Waals surface area contributed by atoms with Gasteiger partial charge in [-0.1, -0.05) is 0 Å². The second-order valence-corrected chi connectivity index (χ2v) is 9.98. The maximum absolute atomic E-state index is 15.0. The van der Waals surface area contributed by atoms with Crippen LogP contribution in [0, 0.1) is 22.6 Å². The molecule has 7 nitrogen and oxygen atoms in total.